The van der Waals surface area contributed by atoms with Crippen LogP contribution in [0.4, 0.5) is 10.5 Å². The lowest BCUT2D eigenvalue weighted by Gasteiger charge is -2.18. The summed E-state index contributed by atoms with van der Waals surface area (Å²) in [4.78, 5) is 24.5. The third kappa shape index (κ3) is 6.97. The number of nitrogens with one attached hydrogen (secondary N) is 2. The highest BCUT2D eigenvalue weighted by Crippen LogP contribution is 2.29. The maximum Gasteiger partial charge on any atom is 0.329 e. The lowest BCUT2D eigenvalue weighted by atomic mass is 10.2. The summed E-state index contributed by atoms with van der Waals surface area (Å²) in [5.41, 5.74) is 1.43. The zero-order valence-electron chi connectivity index (χ0n) is 14.7. The van der Waals surface area contributed by atoms with Crippen molar-refractivity contribution in [2.75, 3.05) is 17.7 Å². The van der Waals surface area contributed by atoms with Gasteiger partial charge in [-0.2, -0.15) is 11.8 Å². The van der Waals surface area contributed by atoms with Gasteiger partial charge in [0.25, 0.3) is 0 Å². The van der Waals surface area contributed by atoms with Crippen molar-refractivity contribution in [2.45, 2.75) is 18.7 Å². The van der Waals surface area contributed by atoms with E-state index in [4.69, 9.17) is 27.9 Å². The molecule has 0 saturated carbocycles. The van der Waals surface area contributed by atoms with Crippen LogP contribution in [-0.2, 0) is 15.3 Å². The number of para-hydroxylation sites is 1. The Labute approximate surface area is 172 Å². The minimum atomic E-state index is -0.792. The second-order valence-corrected chi connectivity index (χ2v) is 7.35. The predicted octanol–water partition coefficient (Wildman–Crippen LogP) is 4.98. The summed E-state index contributed by atoms with van der Waals surface area (Å²) in [6.45, 7) is 1.95. The maximum absolute atomic E-state index is 12.3. The average molecular weight is 427 g/mol. The molecule has 0 radical (unpaired) electrons. The molecule has 8 heteroatoms. The molecule has 0 saturated heterocycles. The van der Waals surface area contributed by atoms with E-state index in [9.17, 15) is 9.59 Å². The van der Waals surface area contributed by atoms with Crippen LogP contribution in [0, 0.1) is 0 Å². The molecule has 0 aliphatic carbocycles. The largest absolute Gasteiger partial charge is 0.464 e. The zero-order valence-corrected chi connectivity index (χ0v) is 17.0. The van der Waals surface area contributed by atoms with E-state index in [1.807, 2.05) is 30.3 Å². The summed E-state index contributed by atoms with van der Waals surface area (Å²) in [5, 5.41) is 5.83. The Morgan fingerprint density at radius 3 is 2.37 bits per heavy atom. The fraction of sp³-hybridized carbons (Fsp3) is 0.263. The lowest BCUT2D eigenvalue weighted by Crippen LogP contribution is -2.45. The normalized spacial score (nSPS) is 11.5. The van der Waals surface area contributed by atoms with Gasteiger partial charge in [-0.05, 0) is 24.6 Å². The van der Waals surface area contributed by atoms with Crippen molar-refractivity contribution in [3.8, 4) is 0 Å². The molecule has 5 nitrogen and oxygen atoms in total. The van der Waals surface area contributed by atoms with Gasteiger partial charge < -0.3 is 15.4 Å². The molecule has 1 atom stereocenters. The van der Waals surface area contributed by atoms with Crippen LogP contribution in [0.1, 0.15) is 12.5 Å². The summed E-state index contributed by atoms with van der Waals surface area (Å²) in [6, 6.07) is 13.4. The van der Waals surface area contributed by atoms with Crippen molar-refractivity contribution in [2.24, 2.45) is 0 Å². The van der Waals surface area contributed by atoms with Crippen molar-refractivity contribution >= 4 is 52.7 Å². The van der Waals surface area contributed by atoms with Crippen LogP contribution in [0.3, 0.4) is 0 Å². The number of ether oxygens (including phenoxy) is 1. The Balaban J connectivity index is 1.96. The summed E-state index contributed by atoms with van der Waals surface area (Å²) < 4.78 is 5.06. The number of rotatable bonds is 8. The second kappa shape index (κ2) is 11.1. The van der Waals surface area contributed by atoms with Crippen LogP contribution in [0.2, 0.25) is 10.0 Å². The van der Waals surface area contributed by atoms with E-state index in [1.165, 1.54) is 11.8 Å². The first-order valence-corrected chi connectivity index (χ1v) is 10.2. The molecule has 2 aromatic rings. The average Bonchev–Trinajstić information content (AvgIpc) is 2.65. The van der Waals surface area contributed by atoms with Crippen molar-refractivity contribution in [3.05, 3.63) is 64.1 Å². The molecule has 0 spiro atoms. The molecule has 1 unspecified atom stereocenters. The Kier molecular flexibility index (Phi) is 8.78. The van der Waals surface area contributed by atoms with E-state index in [1.54, 1.807) is 25.1 Å². The van der Waals surface area contributed by atoms with Gasteiger partial charge in [0.2, 0.25) is 0 Å². The number of esters is 1. The van der Waals surface area contributed by atoms with Crippen LogP contribution < -0.4 is 10.6 Å². The van der Waals surface area contributed by atoms with Gasteiger partial charge >= 0.3 is 12.0 Å². The van der Waals surface area contributed by atoms with Gasteiger partial charge in [-0.15, -0.1) is 0 Å². The minimum Gasteiger partial charge on any atom is -0.464 e. The van der Waals surface area contributed by atoms with Gasteiger partial charge in [-0.25, -0.2) is 9.59 Å². The molecule has 0 aliphatic rings. The minimum absolute atomic E-state index is 0.234. The first-order valence-electron chi connectivity index (χ1n) is 8.31. The number of carbonyl (C=O) groups excluding carboxylic acids is 2. The van der Waals surface area contributed by atoms with E-state index >= 15 is 0 Å². The van der Waals surface area contributed by atoms with Gasteiger partial charge in [0.15, 0.2) is 0 Å². The first kappa shape index (κ1) is 21.4. The number of hydrogen-bond donors (Lipinski definition) is 2. The van der Waals surface area contributed by atoms with Crippen LogP contribution in [0.15, 0.2) is 48.5 Å². The summed E-state index contributed by atoms with van der Waals surface area (Å²) >= 11 is 13.6. The number of amides is 2. The highest BCUT2D eigenvalue weighted by atomic mass is 35.5. The predicted molar refractivity (Wildman–Crippen MR) is 112 cm³/mol. The maximum atomic E-state index is 12.3. The third-order valence-electron chi connectivity index (χ3n) is 3.47. The number of carbonyl (C=O) groups is 2. The highest BCUT2D eigenvalue weighted by Gasteiger charge is 2.23. The monoisotopic (exact) mass is 426 g/mol. The Bertz CT molecular complexity index is 755. The first-order chi connectivity index (χ1) is 13.0. The van der Waals surface area contributed by atoms with E-state index < -0.39 is 18.0 Å². The number of benzene rings is 2. The number of halogens is 2. The van der Waals surface area contributed by atoms with E-state index in [2.05, 4.69) is 10.6 Å². The Morgan fingerprint density at radius 2 is 1.74 bits per heavy atom. The summed E-state index contributed by atoms with van der Waals surface area (Å²) in [6.07, 6.45) is 0. The standard InChI is InChI=1S/C19H20Cl2N2O3S/c1-2-26-18(24)16(12-27-11-13-7-4-3-5-8-13)22-19(25)23-17-14(20)9-6-10-15(17)21/h3-10,16H,2,11-12H2,1H3,(H2,22,23,25). The SMILES string of the molecule is CCOC(=O)C(CSCc1ccccc1)NC(=O)Nc1c(Cl)cccc1Cl. The second-order valence-electron chi connectivity index (χ2n) is 5.50. The van der Waals surface area contributed by atoms with Crippen molar-refractivity contribution in [3.63, 3.8) is 0 Å². The van der Waals surface area contributed by atoms with Crippen LogP contribution >= 0.6 is 35.0 Å². The Morgan fingerprint density at radius 1 is 1.07 bits per heavy atom. The summed E-state index contributed by atoms with van der Waals surface area (Å²) in [5.74, 6) is 0.604. The molecule has 2 aromatic carbocycles. The van der Waals surface area contributed by atoms with Gasteiger partial charge in [-0.1, -0.05) is 59.6 Å². The molecular weight excluding hydrogens is 407 g/mol. The van der Waals surface area contributed by atoms with Gasteiger partial charge in [0.05, 0.1) is 22.3 Å². The van der Waals surface area contributed by atoms with Crippen molar-refractivity contribution < 1.29 is 14.3 Å². The smallest absolute Gasteiger partial charge is 0.329 e. The molecule has 0 heterocycles. The van der Waals surface area contributed by atoms with Crippen LogP contribution in [0.25, 0.3) is 0 Å². The molecule has 0 bridgehead atoms. The van der Waals surface area contributed by atoms with Gasteiger partial charge in [0, 0.05) is 11.5 Å². The number of anilines is 1. The Hall–Kier alpha value is -1.89. The summed E-state index contributed by atoms with van der Waals surface area (Å²) in [7, 11) is 0. The third-order valence-corrected chi connectivity index (χ3v) is 5.21. The molecule has 0 aromatic heterocycles. The van der Waals surface area contributed by atoms with Crippen LogP contribution in [0.5, 0.6) is 0 Å². The van der Waals surface area contributed by atoms with Crippen molar-refractivity contribution in [1.29, 1.82) is 0 Å². The zero-order chi connectivity index (χ0) is 19.6. The van der Waals surface area contributed by atoms with E-state index in [0.29, 0.717) is 15.8 Å². The fourth-order valence-corrected chi connectivity index (χ4v) is 3.70. The molecule has 144 valence electrons. The molecule has 27 heavy (non-hydrogen) atoms. The van der Waals surface area contributed by atoms with Gasteiger partial charge in [0.1, 0.15) is 6.04 Å². The van der Waals surface area contributed by atoms with Gasteiger partial charge in [-0.3, -0.25) is 0 Å². The molecule has 0 aliphatic heterocycles. The highest BCUT2D eigenvalue weighted by molar-refractivity contribution is 7.98. The topological polar surface area (TPSA) is 67.4 Å². The number of hydrogen-bond acceptors (Lipinski definition) is 4. The lowest BCUT2D eigenvalue weighted by molar-refractivity contribution is -0.144. The van der Waals surface area contributed by atoms with E-state index in [-0.39, 0.29) is 12.3 Å². The molecular formula is C19H20Cl2N2O3S. The molecule has 0 fully saturated rings. The number of thioether (sulfide) groups is 1. The number of urea groups is 1. The van der Waals surface area contributed by atoms with E-state index in [0.717, 1.165) is 11.3 Å². The molecule has 2 amide bonds. The molecule has 2 N–H and O–H groups in total. The van der Waals surface area contributed by atoms with Crippen molar-refractivity contribution in [1.82, 2.24) is 5.32 Å². The molecule has 2 rings (SSSR count). The van der Waals surface area contributed by atoms with Crippen LogP contribution in [-0.4, -0.2) is 30.4 Å². The fourth-order valence-electron chi connectivity index (χ4n) is 2.21. The quantitative estimate of drug-likeness (QED) is 0.583.